The van der Waals surface area contributed by atoms with Gasteiger partial charge in [-0.25, -0.2) is 9.18 Å². The monoisotopic (exact) mass is 578 g/mol. The van der Waals surface area contributed by atoms with Crippen molar-refractivity contribution in [2.75, 3.05) is 57.5 Å². The summed E-state index contributed by atoms with van der Waals surface area (Å²) in [5, 5.41) is 2.56. The molecule has 0 unspecified atom stereocenters. The van der Waals surface area contributed by atoms with Gasteiger partial charge < -0.3 is 25.0 Å². The first-order valence-electron chi connectivity index (χ1n) is 13.2. The predicted molar refractivity (Wildman–Crippen MR) is 149 cm³/mol. The number of hydrogen-bond acceptors (Lipinski definition) is 5. The first-order chi connectivity index (χ1) is 19.2. The van der Waals surface area contributed by atoms with Crippen LogP contribution in [0, 0.1) is 5.82 Å². The van der Waals surface area contributed by atoms with Crippen molar-refractivity contribution in [3.05, 3.63) is 63.3 Å². The lowest BCUT2D eigenvalue weighted by atomic mass is 9.98. The number of alkyl halides is 3. The van der Waals surface area contributed by atoms with Crippen molar-refractivity contribution in [3.63, 3.8) is 0 Å². The van der Waals surface area contributed by atoms with Gasteiger partial charge in [0.05, 0.1) is 22.5 Å². The number of rotatable bonds is 4. The molecule has 1 aromatic carbocycles. The number of likely N-dealkylation sites (N-methyl/N-ethyl adjacent to an activating group) is 1. The van der Waals surface area contributed by atoms with Gasteiger partial charge in [0.1, 0.15) is 5.82 Å². The Balaban J connectivity index is 1.78. The normalized spacial score (nSPS) is 20.1. The van der Waals surface area contributed by atoms with Crippen LogP contribution < -0.4 is 15.8 Å². The molecule has 0 spiro atoms. The van der Waals surface area contributed by atoms with Crippen LogP contribution in [0.1, 0.15) is 41.8 Å². The molecule has 2 N–H and O–H groups in total. The number of aromatic nitrogens is 1. The van der Waals surface area contributed by atoms with Gasteiger partial charge in [-0.15, -0.1) is 0 Å². The first kappa shape index (κ1) is 30.1. The smallest absolute Gasteiger partial charge is 0.367 e. The minimum absolute atomic E-state index is 0.0766. The number of nitrogens with zero attached hydrogens (tertiary/aromatic N) is 4. The standard InChI is InChI=1S/C28H34F4N6O3/c1-16-13-38(14-17(2)36(16)5)24-11-22(29)19(18-7-6-8-37(15-18)27(41)35(3)4)9-23(24)34-26(40)20-12-33-25(39)10-21(20)28(30,31)32/h7,9-12,16-17H,6,8,13-15H2,1-5H3,(H,33,39)(H,34,40)/t16-,17+. The fourth-order valence-corrected chi connectivity index (χ4v) is 5.24. The SMILES string of the molecule is C[C@@H]1CN(c2cc(F)c(C3=CCCN(C(=O)N(C)C)C3)cc2NC(=O)c2c[nH]c(=O)cc2C(F)(F)F)C[C@H](C)N1C. The number of aromatic amines is 1. The van der Waals surface area contributed by atoms with Gasteiger partial charge in [0, 0.05) is 70.2 Å². The van der Waals surface area contributed by atoms with E-state index in [-0.39, 0.29) is 35.9 Å². The van der Waals surface area contributed by atoms with Crippen LogP contribution in [0.15, 0.2) is 35.3 Å². The fraction of sp³-hybridized carbons (Fsp3) is 0.464. The Morgan fingerprint density at radius 2 is 1.76 bits per heavy atom. The van der Waals surface area contributed by atoms with Gasteiger partial charge in [0.15, 0.2) is 0 Å². The number of amides is 3. The lowest BCUT2D eigenvalue weighted by molar-refractivity contribution is -0.138. The van der Waals surface area contributed by atoms with Crippen LogP contribution in [-0.2, 0) is 6.18 Å². The summed E-state index contributed by atoms with van der Waals surface area (Å²) < 4.78 is 56.9. The van der Waals surface area contributed by atoms with Gasteiger partial charge in [0.2, 0.25) is 5.56 Å². The number of H-pyrrole nitrogens is 1. The molecule has 1 fully saturated rings. The average molecular weight is 579 g/mol. The molecule has 0 saturated carbocycles. The zero-order chi connectivity index (χ0) is 30.2. The highest BCUT2D eigenvalue weighted by Gasteiger charge is 2.36. The molecule has 4 rings (SSSR count). The summed E-state index contributed by atoms with van der Waals surface area (Å²) in [6.45, 7) is 5.57. The molecule has 2 aromatic rings. The molecule has 0 radical (unpaired) electrons. The Kier molecular flexibility index (Phi) is 8.48. The quantitative estimate of drug-likeness (QED) is 0.534. The highest BCUT2D eigenvalue weighted by atomic mass is 19.4. The molecule has 0 bridgehead atoms. The van der Waals surface area contributed by atoms with Crippen LogP contribution in [0.5, 0.6) is 0 Å². The van der Waals surface area contributed by atoms with Crippen molar-refractivity contribution in [1.82, 2.24) is 19.7 Å². The van der Waals surface area contributed by atoms with Crippen molar-refractivity contribution in [2.45, 2.75) is 38.5 Å². The lowest BCUT2D eigenvalue weighted by Crippen LogP contribution is -2.55. The van der Waals surface area contributed by atoms with Gasteiger partial charge in [-0.3, -0.25) is 14.5 Å². The topological polar surface area (TPSA) is 92.0 Å². The number of piperazine rings is 1. The van der Waals surface area contributed by atoms with Crippen LogP contribution in [0.3, 0.4) is 0 Å². The van der Waals surface area contributed by atoms with E-state index in [9.17, 15) is 27.6 Å². The number of carbonyl (C=O) groups is 2. The number of urea groups is 1. The van der Waals surface area contributed by atoms with Crippen molar-refractivity contribution < 1.29 is 27.2 Å². The van der Waals surface area contributed by atoms with Gasteiger partial charge >= 0.3 is 12.2 Å². The first-order valence-corrected chi connectivity index (χ1v) is 13.2. The molecule has 1 saturated heterocycles. The molecule has 0 aliphatic carbocycles. The number of anilines is 2. The van der Waals surface area contributed by atoms with Crippen molar-refractivity contribution in [1.29, 1.82) is 0 Å². The van der Waals surface area contributed by atoms with E-state index in [4.69, 9.17) is 0 Å². The predicted octanol–water partition coefficient (Wildman–Crippen LogP) is 4.08. The molecule has 1 aromatic heterocycles. The maximum absolute atomic E-state index is 15.8. The molecular weight excluding hydrogens is 544 g/mol. The van der Waals surface area contributed by atoms with Gasteiger partial charge in [-0.2, -0.15) is 13.2 Å². The van der Waals surface area contributed by atoms with E-state index in [1.807, 2.05) is 31.9 Å². The summed E-state index contributed by atoms with van der Waals surface area (Å²) in [4.78, 5) is 46.6. The van der Waals surface area contributed by atoms with Crippen LogP contribution in [-0.4, -0.2) is 91.0 Å². The van der Waals surface area contributed by atoms with E-state index < -0.39 is 34.6 Å². The number of pyridine rings is 1. The Hall–Kier alpha value is -3.87. The zero-order valence-corrected chi connectivity index (χ0v) is 23.6. The summed E-state index contributed by atoms with van der Waals surface area (Å²) in [5.41, 5.74) is -2.06. The zero-order valence-electron chi connectivity index (χ0n) is 23.6. The van der Waals surface area contributed by atoms with E-state index >= 15 is 4.39 Å². The summed E-state index contributed by atoms with van der Waals surface area (Å²) >= 11 is 0. The minimum Gasteiger partial charge on any atom is -0.367 e. The molecule has 2 aliphatic rings. The van der Waals surface area contributed by atoms with Crippen LogP contribution in [0.2, 0.25) is 0 Å². The summed E-state index contributed by atoms with van der Waals surface area (Å²) in [5.74, 6) is -1.69. The van der Waals surface area contributed by atoms with E-state index in [1.54, 1.807) is 19.0 Å². The number of hydrogen-bond donors (Lipinski definition) is 2. The molecule has 9 nitrogen and oxygen atoms in total. The maximum atomic E-state index is 15.8. The molecule has 2 atom stereocenters. The summed E-state index contributed by atoms with van der Waals surface area (Å²) in [6.07, 6.45) is -1.93. The Morgan fingerprint density at radius 3 is 2.37 bits per heavy atom. The molecule has 3 amide bonds. The molecular formula is C28H34F4N6O3. The van der Waals surface area contributed by atoms with Crippen molar-refractivity contribution >= 4 is 28.9 Å². The maximum Gasteiger partial charge on any atom is 0.417 e. The number of nitrogens with one attached hydrogen (secondary N) is 2. The molecule has 2 aliphatic heterocycles. The van der Waals surface area contributed by atoms with Gasteiger partial charge in [-0.05, 0) is 45.0 Å². The van der Waals surface area contributed by atoms with Crippen molar-refractivity contribution in [3.8, 4) is 0 Å². The second-order valence-corrected chi connectivity index (χ2v) is 10.8. The highest BCUT2D eigenvalue weighted by molar-refractivity contribution is 6.07. The Bertz CT molecular complexity index is 1410. The van der Waals surface area contributed by atoms with Crippen LogP contribution in [0.4, 0.5) is 33.7 Å². The Labute approximate surface area is 235 Å². The number of halogens is 4. The van der Waals surface area contributed by atoms with Gasteiger partial charge in [-0.1, -0.05) is 6.08 Å². The molecule has 222 valence electrons. The minimum atomic E-state index is -4.95. The molecule has 13 heteroatoms. The fourth-order valence-electron chi connectivity index (χ4n) is 5.24. The summed E-state index contributed by atoms with van der Waals surface area (Å²) in [6, 6.07) is 2.93. The third-order valence-electron chi connectivity index (χ3n) is 7.66. The van der Waals surface area contributed by atoms with Crippen LogP contribution >= 0.6 is 0 Å². The van der Waals surface area contributed by atoms with Gasteiger partial charge in [0.25, 0.3) is 5.91 Å². The van der Waals surface area contributed by atoms with E-state index in [2.05, 4.69) is 15.2 Å². The van der Waals surface area contributed by atoms with Crippen LogP contribution in [0.25, 0.3) is 5.57 Å². The van der Waals surface area contributed by atoms with E-state index in [0.717, 1.165) is 6.20 Å². The third kappa shape index (κ3) is 6.39. The second kappa shape index (κ2) is 11.6. The number of carbonyl (C=O) groups excluding carboxylic acids is 2. The van der Waals surface area contributed by atoms with Crippen molar-refractivity contribution in [2.24, 2.45) is 0 Å². The Morgan fingerprint density at radius 1 is 1.10 bits per heavy atom. The summed E-state index contributed by atoms with van der Waals surface area (Å²) in [7, 11) is 5.21. The number of benzene rings is 1. The third-order valence-corrected chi connectivity index (χ3v) is 7.66. The molecule has 3 heterocycles. The van der Waals surface area contributed by atoms with E-state index in [0.29, 0.717) is 43.4 Å². The largest absolute Gasteiger partial charge is 0.417 e. The van der Waals surface area contributed by atoms with E-state index in [1.165, 1.54) is 17.0 Å². The molecule has 41 heavy (non-hydrogen) atoms. The highest BCUT2D eigenvalue weighted by Crippen LogP contribution is 2.37. The average Bonchev–Trinajstić information content (AvgIpc) is 2.91. The second-order valence-electron chi connectivity index (χ2n) is 10.8. The lowest BCUT2D eigenvalue weighted by Gasteiger charge is -2.44.